The van der Waals surface area contributed by atoms with Crippen LogP contribution in [0.4, 0.5) is 11.6 Å². The molecule has 0 bridgehead atoms. The number of benzene rings is 2. The Labute approximate surface area is 214 Å². The SMILES string of the molecule is COc1cc(NC(=S)NC(=NCc2ccccc2OC)Nc2nc(C)cc(C)n2)c(OC)cc1Cl. The zero-order valence-electron chi connectivity index (χ0n) is 20.1. The number of hydrogen-bond acceptors (Lipinski definition) is 7. The molecule has 35 heavy (non-hydrogen) atoms. The molecule has 0 spiro atoms. The summed E-state index contributed by atoms with van der Waals surface area (Å²) in [5.41, 5.74) is 3.11. The average molecular weight is 515 g/mol. The van der Waals surface area contributed by atoms with Crippen LogP contribution in [-0.2, 0) is 6.54 Å². The highest BCUT2D eigenvalue weighted by atomic mass is 35.5. The molecule has 0 saturated heterocycles. The topological polar surface area (TPSA) is 102 Å². The molecule has 3 N–H and O–H groups in total. The molecule has 0 unspecified atom stereocenters. The van der Waals surface area contributed by atoms with Gasteiger partial charge in [0.15, 0.2) is 5.11 Å². The number of aliphatic imine (C=N–C) groups is 1. The Morgan fingerprint density at radius 3 is 2.23 bits per heavy atom. The summed E-state index contributed by atoms with van der Waals surface area (Å²) in [6.07, 6.45) is 0. The van der Waals surface area contributed by atoms with Crippen molar-refractivity contribution in [2.24, 2.45) is 4.99 Å². The van der Waals surface area contributed by atoms with E-state index in [1.165, 1.54) is 7.11 Å². The van der Waals surface area contributed by atoms with Crippen LogP contribution < -0.4 is 30.2 Å². The number of hydrogen-bond donors (Lipinski definition) is 3. The van der Waals surface area contributed by atoms with Crippen molar-refractivity contribution in [2.75, 3.05) is 32.0 Å². The number of aromatic nitrogens is 2. The monoisotopic (exact) mass is 514 g/mol. The average Bonchev–Trinajstić information content (AvgIpc) is 2.82. The van der Waals surface area contributed by atoms with Crippen molar-refractivity contribution < 1.29 is 14.2 Å². The van der Waals surface area contributed by atoms with Gasteiger partial charge >= 0.3 is 0 Å². The number of anilines is 2. The molecule has 0 saturated carbocycles. The summed E-state index contributed by atoms with van der Waals surface area (Å²) in [4.78, 5) is 13.5. The summed E-state index contributed by atoms with van der Waals surface area (Å²) in [5, 5.41) is 9.95. The number of methoxy groups -OCH3 is 3. The highest BCUT2D eigenvalue weighted by Crippen LogP contribution is 2.35. The molecule has 3 rings (SSSR count). The fourth-order valence-electron chi connectivity index (χ4n) is 3.22. The number of ether oxygens (including phenoxy) is 3. The van der Waals surface area contributed by atoms with E-state index in [1.54, 1.807) is 26.4 Å². The fraction of sp³-hybridized carbons (Fsp3) is 0.250. The molecular formula is C24H27ClN6O3S. The second-order valence-electron chi connectivity index (χ2n) is 7.34. The van der Waals surface area contributed by atoms with E-state index in [9.17, 15) is 0 Å². The van der Waals surface area contributed by atoms with Gasteiger partial charge in [-0.3, -0.25) is 5.32 Å². The fourth-order valence-corrected chi connectivity index (χ4v) is 3.65. The van der Waals surface area contributed by atoms with E-state index in [4.69, 9.17) is 38.0 Å². The van der Waals surface area contributed by atoms with Crippen molar-refractivity contribution in [2.45, 2.75) is 20.4 Å². The van der Waals surface area contributed by atoms with Crippen LogP contribution in [0, 0.1) is 13.8 Å². The summed E-state index contributed by atoms with van der Waals surface area (Å²) in [5.74, 6) is 2.44. The van der Waals surface area contributed by atoms with Gasteiger partial charge in [-0.2, -0.15) is 0 Å². The third-order valence-electron chi connectivity index (χ3n) is 4.77. The summed E-state index contributed by atoms with van der Waals surface area (Å²) in [6, 6.07) is 12.9. The molecule has 11 heteroatoms. The molecule has 184 valence electrons. The molecule has 0 amide bonds. The molecular weight excluding hydrogens is 488 g/mol. The summed E-state index contributed by atoms with van der Waals surface area (Å²) >= 11 is 11.7. The predicted octanol–water partition coefficient (Wildman–Crippen LogP) is 4.73. The molecule has 0 aliphatic heterocycles. The lowest BCUT2D eigenvalue weighted by Crippen LogP contribution is -2.39. The van der Waals surface area contributed by atoms with Gasteiger partial charge in [0.25, 0.3) is 0 Å². The van der Waals surface area contributed by atoms with Gasteiger partial charge in [-0.25, -0.2) is 15.0 Å². The van der Waals surface area contributed by atoms with E-state index in [0.717, 1.165) is 22.7 Å². The number of aryl methyl sites for hydroxylation is 2. The lowest BCUT2D eigenvalue weighted by atomic mass is 10.2. The third-order valence-corrected chi connectivity index (χ3v) is 5.27. The number of halogens is 1. The molecule has 0 radical (unpaired) electrons. The molecule has 2 aromatic carbocycles. The van der Waals surface area contributed by atoms with Gasteiger partial charge in [0.2, 0.25) is 11.9 Å². The minimum Gasteiger partial charge on any atom is -0.496 e. The first-order chi connectivity index (χ1) is 16.8. The largest absolute Gasteiger partial charge is 0.496 e. The van der Waals surface area contributed by atoms with Crippen LogP contribution >= 0.6 is 23.8 Å². The Balaban J connectivity index is 1.86. The van der Waals surface area contributed by atoms with E-state index < -0.39 is 0 Å². The number of rotatable bonds is 7. The number of guanidine groups is 1. The first kappa shape index (κ1) is 26.0. The van der Waals surface area contributed by atoms with Crippen molar-refractivity contribution in [1.82, 2.24) is 15.3 Å². The van der Waals surface area contributed by atoms with Gasteiger partial charge in [-0.1, -0.05) is 29.8 Å². The van der Waals surface area contributed by atoms with E-state index in [2.05, 4.69) is 30.9 Å². The normalized spacial score (nSPS) is 11.0. The Hall–Kier alpha value is -3.63. The number of nitrogens with one attached hydrogen (secondary N) is 3. The Kier molecular flexibility index (Phi) is 9.04. The van der Waals surface area contributed by atoms with Gasteiger partial charge < -0.3 is 24.8 Å². The summed E-state index contributed by atoms with van der Waals surface area (Å²) in [7, 11) is 4.69. The van der Waals surface area contributed by atoms with Crippen molar-refractivity contribution in [3.63, 3.8) is 0 Å². The molecule has 1 heterocycles. The van der Waals surface area contributed by atoms with Gasteiger partial charge in [-0.05, 0) is 38.2 Å². The standard InChI is InChI=1S/C24H27ClN6O3S/c1-14-10-15(2)28-23(27-14)30-22(26-13-16-8-6-7-9-19(16)32-3)31-24(35)29-18-12-20(33-4)17(25)11-21(18)34-5/h6-12H,13H2,1-5H3,(H3,26,27,28,29,30,31,35). The Morgan fingerprint density at radius 1 is 0.914 bits per heavy atom. The molecule has 3 aromatic rings. The Bertz CT molecular complexity index is 1220. The molecule has 0 aliphatic rings. The van der Waals surface area contributed by atoms with Crippen LogP contribution in [0.1, 0.15) is 17.0 Å². The maximum absolute atomic E-state index is 6.21. The van der Waals surface area contributed by atoms with Crippen LogP contribution in [0.2, 0.25) is 5.02 Å². The lowest BCUT2D eigenvalue weighted by Gasteiger charge is -2.17. The van der Waals surface area contributed by atoms with Gasteiger partial charge in [0, 0.05) is 29.1 Å². The maximum atomic E-state index is 6.21. The van der Waals surface area contributed by atoms with Crippen molar-refractivity contribution in [1.29, 1.82) is 0 Å². The minimum atomic E-state index is 0.253. The minimum absolute atomic E-state index is 0.253. The maximum Gasteiger partial charge on any atom is 0.229 e. The number of nitrogens with zero attached hydrogens (tertiary/aromatic N) is 3. The second-order valence-corrected chi connectivity index (χ2v) is 8.16. The van der Waals surface area contributed by atoms with Crippen LogP contribution in [0.3, 0.4) is 0 Å². The van der Waals surface area contributed by atoms with Crippen LogP contribution in [0.15, 0.2) is 47.5 Å². The van der Waals surface area contributed by atoms with E-state index >= 15 is 0 Å². The Morgan fingerprint density at radius 2 is 1.57 bits per heavy atom. The van der Waals surface area contributed by atoms with E-state index in [-0.39, 0.29) is 5.11 Å². The quantitative estimate of drug-likeness (QED) is 0.234. The number of thiocarbonyl (C=S) groups is 1. The zero-order chi connectivity index (χ0) is 25.4. The zero-order valence-corrected chi connectivity index (χ0v) is 21.7. The highest BCUT2D eigenvalue weighted by molar-refractivity contribution is 7.80. The third kappa shape index (κ3) is 7.17. The van der Waals surface area contributed by atoms with Crippen molar-refractivity contribution >= 4 is 46.5 Å². The van der Waals surface area contributed by atoms with Crippen molar-refractivity contribution in [3.05, 3.63) is 64.4 Å². The highest BCUT2D eigenvalue weighted by Gasteiger charge is 2.13. The van der Waals surface area contributed by atoms with Gasteiger partial charge in [-0.15, -0.1) is 0 Å². The molecule has 0 fully saturated rings. The second kappa shape index (κ2) is 12.2. The molecule has 9 nitrogen and oxygen atoms in total. The first-order valence-electron chi connectivity index (χ1n) is 10.6. The first-order valence-corrected chi connectivity index (χ1v) is 11.4. The molecule has 0 atom stereocenters. The van der Waals surface area contributed by atoms with E-state index in [0.29, 0.717) is 40.7 Å². The van der Waals surface area contributed by atoms with E-state index in [1.807, 2.05) is 44.2 Å². The molecule has 1 aromatic heterocycles. The summed E-state index contributed by atoms with van der Waals surface area (Å²) < 4.78 is 16.2. The van der Waals surface area contributed by atoms with Gasteiger partial charge in [0.1, 0.15) is 17.2 Å². The van der Waals surface area contributed by atoms with Crippen LogP contribution in [-0.4, -0.2) is 42.4 Å². The molecule has 0 aliphatic carbocycles. The number of para-hydroxylation sites is 1. The van der Waals surface area contributed by atoms with Crippen LogP contribution in [0.25, 0.3) is 0 Å². The van der Waals surface area contributed by atoms with Crippen LogP contribution in [0.5, 0.6) is 17.2 Å². The van der Waals surface area contributed by atoms with Crippen molar-refractivity contribution in [3.8, 4) is 17.2 Å². The van der Waals surface area contributed by atoms with Gasteiger partial charge in [0.05, 0.1) is 38.6 Å². The smallest absolute Gasteiger partial charge is 0.229 e. The summed E-state index contributed by atoms with van der Waals surface area (Å²) in [6.45, 7) is 4.11. The predicted molar refractivity (Wildman–Crippen MR) is 143 cm³/mol. The lowest BCUT2D eigenvalue weighted by molar-refractivity contribution is 0.405.